The third-order valence-corrected chi connectivity index (χ3v) is 1.75. The molecule has 0 saturated heterocycles. The summed E-state index contributed by atoms with van der Waals surface area (Å²) in [7, 11) is 1.40. The minimum absolute atomic E-state index is 0.261. The Morgan fingerprint density at radius 1 is 1.43 bits per heavy atom. The summed E-state index contributed by atoms with van der Waals surface area (Å²) < 4.78 is 4.61. The van der Waals surface area contributed by atoms with Crippen LogP contribution in [0, 0.1) is 0 Å². The Morgan fingerprint density at radius 3 is 2.79 bits per heavy atom. The molecule has 4 heteroatoms. The highest BCUT2D eigenvalue weighted by Crippen LogP contribution is 1.94. The SMILES string of the molecule is CC.COC(=O)N1C/C=C/CNCC1. The molecule has 0 aromatic carbocycles. The molecule has 0 aliphatic carbocycles. The second-order valence-electron chi connectivity index (χ2n) is 2.59. The first-order chi connectivity index (χ1) is 6.84. The number of carbonyl (C=O) groups is 1. The van der Waals surface area contributed by atoms with Crippen molar-refractivity contribution >= 4 is 6.09 Å². The zero-order chi connectivity index (χ0) is 10.8. The molecule has 0 spiro atoms. The molecule has 1 aliphatic heterocycles. The lowest BCUT2D eigenvalue weighted by Crippen LogP contribution is -2.38. The average molecular weight is 200 g/mol. The molecule has 1 heterocycles. The number of nitrogens with zero attached hydrogens (tertiary/aromatic N) is 1. The lowest BCUT2D eigenvalue weighted by atomic mass is 10.4. The maximum absolute atomic E-state index is 11.1. The summed E-state index contributed by atoms with van der Waals surface area (Å²) in [6.07, 6.45) is 3.71. The van der Waals surface area contributed by atoms with Crippen molar-refractivity contribution in [2.75, 3.05) is 33.3 Å². The van der Waals surface area contributed by atoms with Gasteiger partial charge in [0.15, 0.2) is 0 Å². The molecule has 0 radical (unpaired) electrons. The van der Waals surface area contributed by atoms with Gasteiger partial charge in [0.2, 0.25) is 0 Å². The molecule has 0 saturated carbocycles. The van der Waals surface area contributed by atoms with Crippen molar-refractivity contribution in [3.05, 3.63) is 12.2 Å². The zero-order valence-corrected chi connectivity index (χ0v) is 9.25. The van der Waals surface area contributed by atoms with E-state index in [1.54, 1.807) is 4.90 Å². The fourth-order valence-electron chi connectivity index (χ4n) is 1.07. The van der Waals surface area contributed by atoms with E-state index in [1.165, 1.54) is 7.11 Å². The second kappa shape index (κ2) is 8.56. The first kappa shape index (κ1) is 13.0. The predicted molar refractivity (Wildman–Crippen MR) is 57.3 cm³/mol. The smallest absolute Gasteiger partial charge is 0.409 e. The van der Waals surface area contributed by atoms with Crippen LogP contribution >= 0.6 is 0 Å². The molecule has 4 nitrogen and oxygen atoms in total. The third kappa shape index (κ3) is 4.87. The van der Waals surface area contributed by atoms with Gasteiger partial charge in [-0.1, -0.05) is 26.0 Å². The number of rotatable bonds is 0. The number of carbonyl (C=O) groups excluding carboxylic acids is 1. The van der Waals surface area contributed by atoms with E-state index in [-0.39, 0.29) is 6.09 Å². The third-order valence-electron chi connectivity index (χ3n) is 1.75. The van der Waals surface area contributed by atoms with Gasteiger partial charge in [0.1, 0.15) is 0 Å². The van der Waals surface area contributed by atoms with Crippen molar-refractivity contribution in [3.8, 4) is 0 Å². The van der Waals surface area contributed by atoms with E-state index in [9.17, 15) is 4.79 Å². The summed E-state index contributed by atoms with van der Waals surface area (Å²) in [4.78, 5) is 12.7. The highest BCUT2D eigenvalue weighted by atomic mass is 16.5. The largest absolute Gasteiger partial charge is 0.453 e. The van der Waals surface area contributed by atoms with E-state index in [4.69, 9.17) is 0 Å². The molecule has 1 N–H and O–H groups in total. The van der Waals surface area contributed by atoms with Crippen LogP contribution in [0.4, 0.5) is 4.79 Å². The fraction of sp³-hybridized carbons (Fsp3) is 0.700. The molecule has 0 aromatic heterocycles. The molecule has 1 amide bonds. The van der Waals surface area contributed by atoms with Crippen molar-refractivity contribution in [2.45, 2.75) is 13.8 Å². The number of nitrogens with one attached hydrogen (secondary N) is 1. The summed E-state index contributed by atoms with van der Waals surface area (Å²) >= 11 is 0. The summed E-state index contributed by atoms with van der Waals surface area (Å²) in [5.74, 6) is 0. The lowest BCUT2D eigenvalue weighted by Gasteiger charge is -2.20. The maximum atomic E-state index is 11.1. The van der Waals surface area contributed by atoms with Gasteiger partial charge in [0, 0.05) is 26.2 Å². The van der Waals surface area contributed by atoms with Crippen molar-refractivity contribution in [3.63, 3.8) is 0 Å². The van der Waals surface area contributed by atoms with Gasteiger partial charge >= 0.3 is 6.09 Å². The van der Waals surface area contributed by atoms with E-state index in [0.717, 1.165) is 13.1 Å². The molecule has 1 aliphatic rings. The molecular weight excluding hydrogens is 180 g/mol. The topological polar surface area (TPSA) is 41.6 Å². The Labute approximate surface area is 85.9 Å². The van der Waals surface area contributed by atoms with E-state index >= 15 is 0 Å². The van der Waals surface area contributed by atoms with E-state index in [0.29, 0.717) is 13.1 Å². The molecule has 0 unspecified atom stereocenters. The molecule has 82 valence electrons. The number of hydrogen-bond acceptors (Lipinski definition) is 3. The van der Waals surface area contributed by atoms with Crippen LogP contribution < -0.4 is 5.32 Å². The van der Waals surface area contributed by atoms with Crippen LogP contribution in [-0.2, 0) is 4.74 Å². The van der Waals surface area contributed by atoms with Crippen LogP contribution in [0.5, 0.6) is 0 Å². The van der Waals surface area contributed by atoms with Gasteiger partial charge in [-0.3, -0.25) is 0 Å². The first-order valence-corrected chi connectivity index (χ1v) is 5.03. The minimum Gasteiger partial charge on any atom is -0.453 e. The monoisotopic (exact) mass is 200 g/mol. The molecule has 0 fully saturated rings. The first-order valence-electron chi connectivity index (χ1n) is 5.03. The normalized spacial score (nSPS) is 18.4. The molecular formula is C10H20N2O2. The van der Waals surface area contributed by atoms with Gasteiger partial charge in [-0.15, -0.1) is 0 Å². The van der Waals surface area contributed by atoms with E-state index < -0.39 is 0 Å². The quantitative estimate of drug-likeness (QED) is 0.598. The van der Waals surface area contributed by atoms with E-state index in [2.05, 4.69) is 10.1 Å². The molecule has 1 rings (SSSR count). The Morgan fingerprint density at radius 2 is 2.14 bits per heavy atom. The summed E-state index contributed by atoms with van der Waals surface area (Å²) in [6, 6.07) is 0. The Hall–Kier alpha value is -1.03. The predicted octanol–water partition coefficient (Wildman–Crippen LogP) is 1.24. The van der Waals surface area contributed by atoms with Crippen molar-refractivity contribution in [1.82, 2.24) is 10.2 Å². The standard InChI is InChI=1S/C8H14N2O2.C2H6/c1-12-8(11)10-6-3-2-4-9-5-7-10;1-2/h2-3,9H,4-7H2,1H3;1-2H3/b3-2+;. The minimum atomic E-state index is -0.261. The average Bonchev–Trinajstić information content (AvgIpc) is 2.19. The van der Waals surface area contributed by atoms with Gasteiger partial charge in [0.05, 0.1) is 7.11 Å². The van der Waals surface area contributed by atoms with Crippen LogP contribution in [0.15, 0.2) is 12.2 Å². The second-order valence-corrected chi connectivity index (χ2v) is 2.59. The highest BCUT2D eigenvalue weighted by molar-refractivity contribution is 5.67. The van der Waals surface area contributed by atoms with Crippen LogP contribution in [0.25, 0.3) is 0 Å². The fourth-order valence-corrected chi connectivity index (χ4v) is 1.07. The molecule has 0 bridgehead atoms. The Balaban J connectivity index is 0.000000791. The van der Waals surface area contributed by atoms with Crippen molar-refractivity contribution in [2.24, 2.45) is 0 Å². The van der Waals surface area contributed by atoms with Crippen LogP contribution in [0.2, 0.25) is 0 Å². The number of amides is 1. The Bertz CT molecular complexity index is 181. The number of methoxy groups -OCH3 is 1. The van der Waals surface area contributed by atoms with Gasteiger partial charge in [-0.2, -0.15) is 0 Å². The summed E-state index contributed by atoms with van der Waals surface area (Å²) in [6.45, 7) is 7.06. The molecule has 0 aromatic rings. The number of hydrogen-bond donors (Lipinski definition) is 1. The van der Waals surface area contributed by atoms with E-state index in [1.807, 2.05) is 26.0 Å². The van der Waals surface area contributed by atoms with Gasteiger partial charge in [-0.25, -0.2) is 4.79 Å². The van der Waals surface area contributed by atoms with Crippen molar-refractivity contribution < 1.29 is 9.53 Å². The van der Waals surface area contributed by atoms with Crippen LogP contribution in [0.1, 0.15) is 13.8 Å². The van der Waals surface area contributed by atoms with Crippen LogP contribution in [0.3, 0.4) is 0 Å². The lowest BCUT2D eigenvalue weighted by molar-refractivity contribution is 0.128. The van der Waals surface area contributed by atoms with Gasteiger partial charge in [-0.05, 0) is 0 Å². The highest BCUT2D eigenvalue weighted by Gasteiger charge is 2.11. The number of ether oxygens (including phenoxy) is 1. The Kier molecular flexibility index (Phi) is 7.93. The maximum Gasteiger partial charge on any atom is 0.409 e. The van der Waals surface area contributed by atoms with Gasteiger partial charge < -0.3 is 15.0 Å². The van der Waals surface area contributed by atoms with Crippen LogP contribution in [-0.4, -0.2) is 44.3 Å². The summed E-state index contributed by atoms with van der Waals surface area (Å²) in [5, 5.41) is 3.16. The molecule has 14 heavy (non-hydrogen) atoms. The van der Waals surface area contributed by atoms with Crippen molar-refractivity contribution in [1.29, 1.82) is 0 Å². The molecule has 0 atom stereocenters. The van der Waals surface area contributed by atoms with Gasteiger partial charge in [0.25, 0.3) is 0 Å². The zero-order valence-electron chi connectivity index (χ0n) is 9.25. The summed E-state index contributed by atoms with van der Waals surface area (Å²) in [5.41, 5.74) is 0.